The summed E-state index contributed by atoms with van der Waals surface area (Å²) in [6.07, 6.45) is 0. The molecule has 1 aromatic rings. The van der Waals surface area contributed by atoms with E-state index in [1.54, 1.807) is 0 Å². The van der Waals surface area contributed by atoms with Gasteiger partial charge in [-0.3, -0.25) is 4.90 Å². The molecule has 0 bridgehead atoms. The Morgan fingerprint density at radius 2 is 1.90 bits per heavy atom. The van der Waals surface area contributed by atoms with Crippen LogP contribution in [0.3, 0.4) is 0 Å². The number of fused-ring (bicyclic) bond motifs is 2. The van der Waals surface area contributed by atoms with Crippen LogP contribution in [0.25, 0.3) is 0 Å². The molecule has 0 N–H and O–H groups in total. The highest BCUT2D eigenvalue weighted by Crippen LogP contribution is 2.47. The molecule has 2 aliphatic rings. The van der Waals surface area contributed by atoms with E-state index in [0.29, 0.717) is 18.6 Å². The van der Waals surface area contributed by atoms with Gasteiger partial charge in [0.25, 0.3) is 0 Å². The number of rotatable bonds is 2. The van der Waals surface area contributed by atoms with Gasteiger partial charge in [-0.1, -0.05) is 25.4 Å². The molecule has 2 heterocycles. The van der Waals surface area contributed by atoms with Gasteiger partial charge in [0.2, 0.25) is 0 Å². The lowest BCUT2D eigenvalue weighted by atomic mass is 9.82. The van der Waals surface area contributed by atoms with Gasteiger partial charge in [0.15, 0.2) is 0 Å². The standard InChI is InChI=1S/C17H24ClNO2/c1-11(2)13-7-14-16(15(18)8-13)21-6-5-19(12(3)4)17(14)9-20-10-17/h7-8,11-12H,5-6,9-10H2,1-4H3. The number of hydrogen-bond acceptors (Lipinski definition) is 3. The SMILES string of the molecule is CC(C)c1cc(Cl)c2c(c1)C1(COC1)N(C(C)C)CCO2. The first-order valence-electron chi connectivity index (χ1n) is 7.77. The monoisotopic (exact) mass is 309 g/mol. The molecule has 1 fully saturated rings. The molecule has 0 saturated carbocycles. The van der Waals surface area contributed by atoms with Crippen molar-refractivity contribution in [2.45, 2.75) is 45.2 Å². The number of benzene rings is 1. The minimum atomic E-state index is -0.0749. The fourth-order valence-corrected chi connectivity index (χ4v) is 3.71. The third kappa shape index (κ3) is 2.36. The zero-order valence-electron chi connectivity index (χ0n) is 13.3. The van der Waals surface area contributed by atoms with Crippen molar-refractivity contribution >= 4 is 11.6 Å². The van der Waals surface area contributed by atoms with E-state index >= 15 is 0 Å². The predicted octanol–water partition coefficient (Wildman–Crippen LogP) is 3.79. The molecule has 0 unspecified atom stereocenters. The Morgan fingerprint density at radius 3 is 2.43 bits per heavy atom. The van der Waals surface area contributed by atoms with Gasteiger partial charge in [0.05, 0.1) is 23.8 Å². The van der Waals surface area contributed by atoms with E-state index < -0.39 is 0 Å². The van der Waals surface area contributed by atoms with Crippen LogP contribution < -0.4 is 4.74 Å². The highest BCUT2D eigenvalue weighted by molar-refractivity contribution is 6.32. The average Bonchev–Trinajstić information content (AvgIpc) is 2.54. The summed E-state index contributed by atoms with van der Waals surface area (Å²) in [5.74, 6) is 1.30. The van der Waals surface area contributed by atoms with E-state index in [4.69, 9.17) is 21.1 Å². The van der Waals surface area contributed by atoms with Gasteiger partial charge < -0.3 is 9.47 Å². The van der Waals surface area contributed by atoms with Crippen LogP contribution in [-0.2, 0) is 10.3 Å². The molecule has 0 atom stereocenters. The van der Waals surface area contributed by atoms with E-state index in [1.807, 2.05) is 6.07 Å². The Kier molecular flexibility index (Phi) is 3.93. The van der Waals surface area contributed by atoms with Crippen LogP contribution in [0.5, 0.6) is 5.75 Å². The molecule has 0 aliphatic carbocycles. The number of nitrogens with zero attached hydrogens (tertiary/aromatic N) is 1. The Morgan fingerprint density at radius 1 is 1.19 bits per heavy atom. The van der Waals surface area contributed by atoms with Crippen molar-refractivity contribution in [1.82, 2.24) is 4.90 Å². The molecule has 0 radical (unpaired) electrons. The van der Waals surface area contributed by atoms with Crippen molar-refractivity contribution in [2.75, 3.05) is 26.4 Å². The van der Waals surface area contributed by atoms with Crippen molar-refractivity contribution in [2.24, 2.45) is 0 Å². The summed E-state index contributed by atoms with van der Waals surface area (Å²) in [6, 6.07) is 4.77. The van der Waals surface area contributed by atoms with Crippen molar-refractivity contribution in [3.63, 3.8) is 0 Å². The van der Waals surface area contributed by atoms with Crippen LogP contribution in [-0.4, -0.2) is 37.3 Å². The second-order valence-corrected chi connectivity index (χ2v) is 7.10. The minimum absolute atomic E-state index is 0.0749. The average molecular weight is 310 g/mol. The summed E-state index contributed by atoms with van der Waals surface area (Å²) < 4.78 is 11.6. The minimum Gasteiger partial charge on any atom is -0.490 e. The summed E-state index contributed by atoms with van der Waals surface area (Å²) in [6.45, 7) is 11.9. The van der Waals surface area contributed by atoms with Crippen LogP contribution in [0, 0.1) is 0 Å². The van der Waals surface area contributed by atoms with Crippen molar-refractivity contribution < 1.29 is 9.47 Å². The molecule has 0 aromatic heterocycles. The van der Waals surface area contributed by atoms with E-state index in [2.05, 4.69) is 38.7 Å². The third-order valence-electron chi connectivity index (χ3n) is 4.67. The van der Waals surface area contributed by atoms with Gasteiger partial charge in [-0.2, -0.15) is 0 Å². The Hall–Kier alpha value is -0.770. The molecular weight excluding hydrogens is 286 g/mol. The van der Waals surface area contributed by atoms with E-state index in [1.165, 1.54) is 11.1 Å². The topological polar surface area (TPSA) is 21.7 Å². The maximum atomic E-state index is 6.52. The normalized spacial score (nSPS) is 21.1. The summed E-state index contributed by atoms with van der Waals surface area (Å²) in [5.41, 5.74) is 2.39. The first-order valence-corrected chi connectivity index (χ1v) is 8.15. The van der Waals surface area contributed by atoms with Crippen LogP contribution >= 0.6 is 11.6 Å². The highest BCUT2D eigenvalue weighted by Gasteiger charge is 2.50. The van der Waals surface area contributed by atoms with Crippen molar-refractivity contribution in [1.29, 1.82) is 0 Å². The Balaban J connectivity index is 2.16. The molecule has 0 amide bonds. The summed E-state index contributed by atoms with van der Waals surface area (Å²) in [7, 11) is 0. The van der Waals surface area contributed by atoms with E-state index in [-0.39, 0.29) is 5.54 Å². The maximum absolute atomic E-state index is 6.52. The zero-order valence-corrected chi connectivity index (χ0v) is 14.0. The highest BCUT2D eigenvalue weighted by atomic mass is 35.5. The van der Waals surface area contributed by atoms with Gasteiger partial charge in [-0.15, -0.1) is 0 Å². The van der Waals surface area contributed by atoms with E-state index in [9.17, 15) is 0 Å². The van der Waals surface area contributed by atoms with Crippen molar-refractivity contribution in [3.8, 4) is 5.75 Å². The first kappa shape index (κ1) is 15.1. The maximum Gasteiger partial charge on any atom is 0.143 e. The van der Waals surface area contributed by atoms with Gasteiger partial charge in [-0.05, 0) is 37.5 Å². The molecule has 3 nitrogen and oxygen atoms in total. The second-order valence-electron chi connectivity index (χ2n) is 6.69. The van der Waals surface area contributed by atoms with Gasteiger partial charge in [-0.25, -0.2) is 0 Å². The van der Waals surface area contributed by atoms with E-state index in [0.717, 1.165) is 30.5 Å². The fourth-order valence-electron chi connectivity index (χ4n) is 3.42. The molecule has 116 valence electrons. The number of hydrogen-bond donors (Lipinski definition) is 0. The van der Waals surface area contributed by atoms with Gasteiger partial charge in [0.1, 0.15) is 12.4 Å². The number of halogens is 1. The zero-order chi connectivity index (χ0) is 15.2. The largest absolute Gasteiger partial charge is 0.490 e. The predicted molar refractivity (Wildman–Crippen MR) is 85.4 cm³/mol. The quantitative estimate of drug-likeness (QED) is 0.829. The molecular formula is C17H24ClNO2. The van der Waals surface area contributed by atoms with Gasteiger partial charge >= 0.3 is 0 Å². The lowest BCUT2D eigenvalue weighted by Gasteiger charge is -2.51. The molecule has 3 rings (SSSR count). The molecule has 2 aliphatic heterocycles. The second kappa shape index (κ2) is 5.45. The third-order valence-corrected chi connectivity index (χ3v) is 4.95. The lowest BCUT2D eigenvalue weighted by Crippen LogP contribution is -2.61. The summed E-state index contributed by atoms with van der Waals surface area (Å²) in [5, 5.41) is 0.730. The van der Waals surface area contributed by atoms with Gasteiger partial charge in [0, 0.05) is 18.2 Å². The first-order chi connectivity index (χ1) is 9.95. The lowest BCUT2D eigenvalue weighted by molar-refractivity contribution is -0.154. The van der Waals surface area contributed by atoms with Crippen LogP contribution in [0.4, 0.5) is 0 Å². The van der Waals surface area contributed by atoms with Crippen LogP contribution in [0.15, 0.2) is 12.1 Å². The summed E-state index contributed by atoms with van der Waals surface area (Å²) in [4.78, 5) is 2.50. The van der Waals surface area contributed by atoms with Crippen LogP contribution in [0.1, 0.15) is 44.7 Å². The van der Waals surface area contributed by atoms with Crippen molar-refractivity contribution in [3.05, 3.63) is 28.3 Å². The summed E-state index contributed by atoms with van der Waals surface area (Å²) >= 11 is 6.52. The molecule has 1 saturated heterocycles. The molecule has 1 aromatic carbocycles. The molecule has 21 heavy (non-hydrogen) atoms. The smallest absolute Gasteiger partial charge is 0.143 e. The molecule has 1 spiro atoms. The molecule has 4 heteroatoms. The fraction of sp³-hybridized carbons (Fsp3) is 0.647. The Labute approximate surface area is 132 Å². The van der Waals surface area contributed by atoms with Crippen LogP contribution in [0.2, 0.25) is 5.02 Å². The Bertz CT molecular complexity index is 538. The number of ether oxygens (including phenoxy) is 2.